The molecule has 0 spiro atoms. The van der Waals surface area contributed by atoms with E-state index in [9.17, 15) is 22.8 Å². The zero-order chi connectivity index (χ0) is 15.5. The lowest BCUT2D eigenvalue weighted by molar-refractivity contribution is -0.326. The number of carbonyl (C=O) groups is 2. The van der Waals surface area contributed by atoms with E-state index in [1.165, 1.54) is 0 Å². The highest BCUT2D eigenvalue weighted by Gasteiger charge is 2.70. The number of carboxylic acid groups (broad SMARTS) is 1. The molecule has 0 saturated heterocycles. The zero-order valence-electron chi connectivity index (χ0n) is 11.0. The van der Waals surface area contributed by atoms with Gasteiger partial charge < -0.3 is 15.7 Å². The topological polar surface area (TPSA) is 87.7 Å². The summed E-state index contributed by atoms with van der Waals surface area (Å²) >= 11 is 0. The van der Waals surface area contributed by atoms with Crippen molar-refractivity contribution in [3.8, 4) is 0 Å². The third-order valence-electron chi connectivity index (χ3n) is 4.51. The molecule has 2 bridgehead atoms. The van der Waals surface area contributed by atoms with Gasteiger partial charge >= 0.3 is 12.5 Å². The van der Waals surface area contributed by atoms with Crippen LogP contribution in [0.3, 0.4) is 0 Å². The van der Waals surface area contributed by atoms with Gasteiger partial charge in [0, 0.05) is 11.5 Å². The summed E-state index contributed by atoms with van der Waals surface area (Å²) in [6.07, 6.45) is -3.69. The minimum atomic E-state index is -4.66. The molecule has 0 aromatic rings. The van der Waals surface area contributed by atoms with E-state index < -0.39 is 30.5 Å². The number of hydrogen-bond acceptors (Lipinski definition) is 3. The van der Waals surface area contributed by atoms with Gasteiger partial charge in [0.25, 0.3) is 0 Å². The van der Waals surface area contributed by atoms with E-state index in [0.717, 1.165) is 0 Å². The molecule has 4 aliphatic rings. The Bertz CT molecular complexity index is 474. The van der Waals surface area contributed by atoms with Crippen molar-refractivity contribution in [3.05, 3.63) is 0 Å². The second-order valence-electron chi connectivity index (χ2n) is 6.37. The van der Waals surface area contributed by atoms with Crippen LogP contribution in [0.25, 0.3) is 0 Å². The largest absolute Gasteiger partial charge is 0.522 e. The van der Waals surface area contributed by atoms with Crippen molar-refractivity contribution in [1.29, 1.82) is 0 Å². The molecule has 0 radical (unpaired) electrons. The summed E-state index contributed by atoms with van der Waals surface area (Å²) < 4.78 is 39.4. The lowest BCUT2D eigenvalue weighted by Gasteiger charge is -2.70. The Labute approximate surface area is 118 Å². The molecule has 21 heavy (non-hydrogen) atoms. The van der Waals surface area contributed by atoms with E-state index in [-0.39, 0.29) is 17.4 Å². The summed E-state index contributed by atoms with van der Waals surface area (Å²) in [5, 5.41) is 13.9. The van der Waals surface area contributed by atoms with Crippen molar-refractivity contribution in [2.75, 3.05) is 6.61 Å². The Morgan fingerprint density at radius 1 is 1.19 bits per heavy atom. The average molecular weight is 308 g/mol. The molecule has 0 heterocycles. The number of hydrogen-bond donors (Lipinski definition) is 3. The number of ether oxygens (including phenoxy) is 1. The van der Waals surface area contributed by atoms with E-state index in [1.807, 2.05) is 0 Å². The van der Waals surface area contributed by atoms with Crippen molar-refractivity contribution >= 4 is 12.0 Å². The van der Waals surface area contributed by atoms with Gasteiger partial charge in [0.05, 0.1) is 12.1 Å². The smallest absolute Gasteiger partial charge is 0.465 e. The normalized spacial score (nSPS) is 39.8. The van der Waals surface area contributed by atoms with Crippen LogP contribution < -0.4 is 10.6 Å². The van der Waals surface area contributed by atoms with Crippen molar-refractivity contribution in [1.82, 2.24) is 10.6 Å². The predicted octanol–water partition coefficient (Wildman–Crippen LogP) is 1.22. The van der Waals surface area contributed by atoms with Gasteiger partial charge in [-0.25, -0.2) is 4.79 Å². The summed E-state index contributed by atoms with van der Waals surface area (Å²) in [6, 6.07) is 0. The van der Waals surface area contributed by atoms with Gasteiger partial charge in [-0.1, -0.05) is 0 Å². The first-order valence-electron chi connectivity index (χ1n) is 6.66. The molecule has 0 aliphatic heterocycles. The first-order chi connectivity index (χ1) is 9.62. The molecule has 4 fully saturated rings. The minimum absolute atomic E-state index is 0.255. The number of carbonyl (C=O) groups excluding carboxylic acids is 1. The fourth-order valence-corrected chi connectivity index (χ4v) is 3.59. The summed E-state index contributed by atoms with van der Waals surface area (Å²) in [5.41, 5.74) is -0.779. The molecule has 3 N–H and O–H groups in total. The van der Waals surface area contributed by atoms with Gasteiger partial charge in [-0.2, -0.15) is 0 Å². The maximum atomic E-state index is 11.9. The van der Waals surface area contributed by atoms with Crippen LogP contribution in [0.15, 0.2) is 0 Å². The second kappa shape index (κ2) is 4.25. The van der Waals surface area contributed by atoms with Crippen LogP contribution in [-0.2, 0) is 9.53 Å². The Morgan fingerprint density at radius 3 is 2.29 bits per heavy atom. The van der Waals surface area contributed by atoms with E-state index in [4.69, 9.17) is 5.11 Å². The molecule has 2 unspecified atom stereocenters. The quantitative estimate of drug-likeness (QED) is 0.712. The minimum Gasteiger partial charge on any atom is -0.465 e. The standard InChI is InChI=1S/C12H15F3N2O4/c13-12(14,15)21-2-6-1-7(6)8(18)16-10-3-11(4-10,5-10)17-9(19)20/h6-7,17H,1-5H2,(H,16,18)(H,19,20). The highest BCUT2D eigenvalue weighted by atomic mass is 19.4. The molecule has 2 atom stereocenters. The lowest BCUT2D eigenvalue weighted by Crippen LogP contribution is -2.83. The number of alkyl halides is 3. The van der Waals surface area contributed by atoms with Crippen LogP contribution in [-0.4, -0.2) is 41.2 Å². The summed E-state index contributed by atoms with van der Waals surface area (Å²) in [7, 11) is 0. The Hall–Kier alpha value is -1.51. The van der Waals surface area contributed by atoms with Crippen molar-refractivity contribution in [3.63, 3.8) is 0 Å². The average Bonchev–Trinajstić information content (AvgIpc) is 2.99. The highest BCUT2D eigenvalue weighted by molar-refractivity contribution is 5.83. The van der Waals surface area contributed by atoms with Crippen molar-refractivity contribution < 1.29 is 32.6 Å². The van der Waals surface area contributed by atoms with Gasteiger partial charge in [0.1, 0.15) is 0 Å². The van der Waals surface area contributed by atoms with Gasteiger partial charge in [0.15, 0.2) is 0 Å². The van der Waals surface area contributed by atoms with E-state index in [0.29, 0.717) is 25.7 Å². The number of rotatable bonds is 5. The zero-order valence-corrected chi connectivity index (χ0v) is 11.0. The van der Waals surface area contributed by atoms with Crippen LogP contribution in [0.4, 0.5) is 18.0 Å². The van der Waals surface area contributed by atoms with Crippen LogP contribution in [0.5, 0.6) is 0 Å². The molecule has 0 aromatic carbocycles. The highest BCUT2D eigenvalue weighted by Crippen LogP contribution is 2.60. The van der Waals surface area contributed by atoms with Gasteiger partial charge in [-0.05, 0) is 31.6 Å². The van der Waals surface area contributed by atoms with Crippen LogP contribution in [0.1, 0.15) is 25.7 Å². The summed E-state index contributed by atoms with van der Waals surface area (Å²) in [6.45, 7) is -0.487. The van der Waals surface area contributed by atoms with Gasteiger partial charge in [-0.15, -0.1) is 13.2 Å². The van der Waals surface area contributed by atoms with Crippen LogP contribution in [0, 0.1) is 11.8 Å². The fourth-order valence-electron chi connectivity index (χ4n) is 3.59. The molecule has 4 saturated carbocycles. The molecular formula is C12H15F3N2O4. The molecule has 2 amide bonds. The molecule has 0 aromatic heterocycles. The summed E-state index contributed by atoms with van der Waals surface area (Å²) in [5.74, 6) is -1.07. The maximum Gasteiger partial charge on any atom is 0.522 e. The van der Waals surface area contributed by atoms with Crippen LogP contribution in [0.2, 0.25) is 0 Å². The van der Waals surface area contributed by atoms with Gasteiger partial charge in [-0.3, -0.25) is 9.53 Å². The second-order valence-corrected chi connectivity index (χ2v) is 6.37. The SMILES string of the molecule is O=C(O)NC12CC(NC(=O)C3CC3COC(F)(F)F)(C1)C2. The van der Waals surface area contributed by atoms with Crippen LogP contribution >= 0.6 is 0 Å². The summed E-state index contributed by atoms with van der Waals surface area (Å²) in [4.78, 5) is 22.5. The first-order valence-corrected chi connectivity index (χ1v) is 6.66. The Morgan fingerprint density at radius 2 is 1.76 bits per heavy atom. The van der Waals surface area contributed by atoms with E-state index >= 15 is 0 Å². The van der Waals surface area contributed by atoms with Crippen molar-refractivity contribution in [2.45, 2.75) is 43.1 Å². The Kier molecular flexibility index (Phi) is 2.92. The third-order valence-corrected chi connectivity index (χ3v) is 4.51. The Balaban J connectivity index is 1.39. The number of halogens is 3. The monoisotopic (exact) mass is 308 g/mol. The van der Waals surface area contributed by atoms with Crippen molar-refractivity contribution in [2.24, 2.45) is 11.8 Å². The predicted molar refractivity (Wildman–Crippen MR) is 62.2 cm³/mol. The van der Waals surface area contributed by atoms with E-state index in [1.54, 1.807) is 0 Å². The number of nitrogens with one attached hydrogen (secondary N) is 2. The third kappa shape index (κ3) is 2.78. The number of amides is 2. The molecule has 4 rings (SSSR count). The molecular weight excluding hydrogens is 293 g/mol. The fraction of sp³-hybridized carbons (Fsp3) is 0.833. The molecule has 4 aliphatic carbocycles. The molecule has 9 heteroatoms. The molecule has 6 nitrogen and oxygen atoms in total. The first kappa shape index (κ1) is 14.4. The van der Waals surface area contributed by atoms with E-state index in [2.05, 4.69) is 15.4 Å². The lowest BCUT2D eigenvalue weighted by atomic mass is 9.44. The van der Waals surface area contributed by atoms with Gasteiger partial charge in [0.2, 0.25) is 5.91 Å². The maximum absolute atomic E-state index is 11.9. The molecule has 118 valence electrons.